The van der Waals surface area contributed by atoms with Gasteiger partial charge in [-0.25, -0.2) is 0 Å². The van der Waals surface area contributed by atoms with E-state index in [1.165, 1.54) is 4.90 Å². The Morgan fingerprint density at radius 3 is 2.50 bits per heavy atom. The Hall–Kier alpha value is -3.87. The summed E-state index contributed by atoms with van der Waals surface area (Å²) in [7, 11) is 1.59. The molecule has 0 aromatic heterocycles. The SMILES string of the molecule is CCNC(=O)C(CC)N(Cc1cccc(OC)c1)C(=O)CN1C(=O)c2cccc3cccc1c23. The number of hydrogen-bond donors (Lipinski definition) is 1. The predicted molar refractivity (Wildman–Crippen MR) is 132 cm³/mol. The highest BCUT2D eigenvalue weighted by atomic mass is 16.5. The fourth-order valence-corrected chi connectivity index (χ4v) is 4.54. The van der Waals surface area contributed by atoms with Crippen LogP contribution in [-0.2, 0) is 16.1 Å². The second-order valence-electron chi connectivity index (χ2n) is 8.26. The molecule has 34 heavy (non-hydrogen) atoms. The number of methoxy groups -OCH3 is 1. The summed E-state index contributed by atoms with van der Waals surface area (Å²) in [5.41, 5.74) is 2.16. The molecule has 1 aliphatic heterocycles. The number of carbonyl (C=O) groups excluding carboxylic acids is 3. The van der Waals surface area contributed by atoms with Gasteiger partial charge in [-0.15, -0.1) is 0 Å². The minimum absolute atomic E-state index is 0.146. The Morgan fingerprint density at radius 2 is 1.79 bits per heavy atom. The first kappa shape index (κ1) is 23.3. The number of likely N-dealkylation sites (N-methyl/N-ethyl adjacent to an activating group) is 1. The fourth-order valence-electron chi connectivity index (χ4n) is 4.54. The van der Waals surface area contributed by atoms with E-state index >= 15 is 0 Å². The highest BCUT2D eigenvalue weighted by Crippen LogP contribution is 2.37. The van der Waals surface area contributed by atoms with Gasteiger partial charge in [-0.1, -0.05) is 43.3 Å². The lowest BCUT2D eigenvalue weighted by atomic mass is 10.1. The maximum atomic E-state index is 13.7. The van der Waals surface area contributed by atoms with Crippen molar-refractivity contribution in [1.82, 2.24) is 10.2 Å². The van der Waals surface area contributed by atoms with Crippen LogP contribution in [0.15, 0.2) is 60.7 Å². The Morgan fingerprint density at radius 1 is 1.06 bits per heavy atom. The predicted octanol–water partition coefficient (Wildman–Crippen LogP) is 3.75. The number of ether oxygens (including phenoxy) is 1. The second-order valence-corrected chi connectivity index (χ2v) is 8.26. The smallest absolute Gasteiger partial charge is 0.259 e. The van der Waals surface area contributed by atoms with Crippen molar-refractivity contribution in [2.24, 2.45) is 0 Å². The van der Waals surface area contributed by atoms with E-state index in [0.29, 0.717) is 24.3 Å². The van der Waals surface area contributed by atoms with Crippen molar-refractivity contribution in [2.75, 3.05) is 25.1 Å². The van der Waals surface area contributed by atoms with E-state index in [-0.39, 0.29) is 30.8 Å². The molecule has 0 saturated carbocycles. The Labute approximate surface area is 199 Å². The summed E-state index contributed by atoms with van der Waals surface area (Å²) in [6.45, 7) is 4.28. The van der Waals surface area contributed by atoms with Crippen LogP contribution < -0.4 is 15.0 Å². The second kappa shape index (κ2) is 9.95. The highest BCUT2D eigenvalue weighted by molar-refractivity contribution is 6.26. The van der Waals surface area contributed by atoms with E-state index in [1.54, 1.807) is 18.1 Å². The van der Waals surface area contributed by atoms with Gasteiger partial charge in [0.25, 0.3) is 5.91 Å². The molecular weight excluding hydrogens is 430 g/mol. The van der Waals surface area contributed by atoms with E-state index in [1.807, 2.05) is 68.4 Å². The summed E-state index contributed by atoms with van der Waals surface area (Å²) < 4.78 is 5.32. The monoisotopic (exact) mass is 459 g/mol. The van der Waals surface area contributed by atoms with Crippen molar-refractivity contribution in [3.8, 4) is 5.75 Å². The van der Waals surface area contributed by atoms with Gasteiger partial charge in [-0.05, 0) is 48.6 Å². The zero-order valence-electron chi connectivity index (χ0n) is 19.7. The van der Waals surface area contributed by atoms with Crippen LogP contribution in [0.1, 0.15) is 36.2 Å². The van der Waals surface area contributed by atoms with Crippen molar-refractivity contribution in [1.29, 1.82) is 0 Å². The van der Waals surface area contributed by atoms with E-state index < -0.39 is 6.04 Å². The zero-order chi connectivity index (χ0) is 24.2. The first-order chi connectivity index (χ1) is 16.5. The molecule has 7 heteroatoms. The van der Waals surface area contributed by atoms with Crippen molar-refractivity contribution >= 4 is 34.2 Å². The largest absolute Gasteiger partial charge is 0.497 e. The summed E-state index contributed by atoms with van der Waals surface area (Å²) in [6.07, 6.45) is 0.450. The molecule has 0 bridgehead atoms. The maximum Gasteiger partial charge on any atom is 0.259 e. The molecule has 7 nitrogen and oxygen atoms in total. The molecule has 1 N–H and O–H groups in total. The summed E-state index contributed by atoms with van der Waals surface area (Å²) >= 11 is 0. The van der Waals surface area contributed by atoms with Crippen LogP contribution >= 0.6 is 0 Å². The average Bonchev–Trinajstić information content (AvgIpc) is 3.12. The van der Waals surface area contributed by atoms with Crippen molar-refractivity contribution in [3.05, 3.63) is 71.8 Å². The van der Waals surface area contributed by atoms with E-state index in [0.717, 1.165) is 22.0 Å². The fraction of sp³-hybridized carbons (Fsp3) is 0.296. The molecule has 4 rings (SSSR count). The molecule has 1 unspecified atom stereocenters. The molecule has 176 valence electrons. The summed E-state index contributed by atoms with van der Waals surface area (Å²) in [6, 6.07) is 18.1. The Kier molecular flexibility index (Phi) is 6.82. The molecule has 0 radical (unpaired) electrons. The van der Waals surface area contributed by atoms with Crippen molar-refractivity contribution in [2.45, 2.75) is 32.9 Å². The zero-order valence-corrected chi connectivity index (χ0v) is 19.7. The van der Waals surface area contributed by atoms with Crippen LogP contribution in [0.5, 0.6) is 5.75 Å². The molecular formula is C27H29N3O4. The van der Waals surface area contributed by atoms with Crippen LogP contribution in [0, 0.1) is 0 Å². The van der Waals surface area contributed by atoms with Crippen molar-refractivity contribution < 1.29 is 19.1 Å². The van der Waals surface area contributed by atoms with Gasteiger partial charge in [0.05, 0.1) is 12.8 Å². The van der Waals surface area contributed by atoms with E-state index in [9.17, 15) is 14.4 Å². The van der Waals surface area contributed by atoms with E-state index in [4.69, 9.17) is 4.74 Å². The molecule has 1 heterocycles. The molecule has 0 spiro atoms. The lowest BCUT2D eigenvalue weighted by Gasteiger charge is -2.32. The van der Waals surface area contributed by atoms with Gasteiger partial charge < -0.3 is 15.0 Å². The normalized spacial score (nSPS) is 13.1. The third-order valence-corrected chi connectivity index (χ3v) is 6.17. The molecule has 0 fully saturated rings. The molecule has 0 aliphatic carbocycles. The first-order valence-electron chi connectivity index (χ1n) is 11.5. The van der Waals surface area contributed by atoms with Crippen LogP contribution in [0.3, 0.4) is 0 Å². The average molecular weight is 460 g/mol. The van der Waals surface area contributed by atoms with Gasteiger partial charge in [-0.2, -0.15) is 0 Å². The number of benzene rings is 3. The summed E-state index contributed by atoms with van der Waals surface area (Å²) in [5, 5.41) is 4.65. The lowest BCUT2D eigenvalue weighted by Crippen LogP contribution is -2.52. The van der Waals surface area contributed by atoms with Gasteiger partial charge in [-0.3, -0.25) is 19.3 Å². The number of nitrogens with one attached hydrogen (secondary N) is 1. The number of carbonyl (C=O) groups is 3. The summed E-state index contributed by atoms with van der Waals surface area (Å²) in [5.74, 6) is -0.0289. The van der Waals surface area contributed by atoms with Crippen LogP contribution in [0.2, 0.25) is 0 Å². The molecule has 3 amide bonds. The third-order valence-electron chi connectivity index (χ3n) is 6.17. The quantitative estimate of drug-likeness (QED) is 0.529. The topological polar surface area (TPSA) is 79.0 Å². The van der Waals surface area contributed by atoms with E-state index in [2.05, 4.69) is 5.32 Å². The minimum atomic E-state index is -0.658. The summed E-state index contributed by atoms with van der Waals surface area (Å²) in [4.78, 5) is 42.9. The van der Waals surface area contributed by atoms with Crippen LogP contribution in [-0.4, -0.2) is 48.9 Å². The number of hydrogen-bond acceptors (Lipinski definition) is 4. The van der Waals surface area contributed by atoms with Gasteiger partial charge in [0.1, 0.15) is 18.3 Å². The Balaban J connectivity index is 1.66. The third kappa shape index (κ3) is 4.33. The number of anilines is 1. The number of amides is 3. The van der Waals surface area contributed by atoms with Crippen LogP contribution in [0.4, 0.5) is 5.69 Å². The Bertz CT molecular complexity index is 1230. The first-order valence-corrected chi connectivity index (χ1v) is 11.5. The van der Waals surface area contributed by atoms with Crippen molar-refractivity contribution in [3.63, 3.8) is 0 Å². The highest BCUT2D eigenvalue weighted by Gasteiger charge is 2.35. The van der Waals surface area contributed by atoms with Gasteiger partial charge >= 0.3 is 0 Å². The molecule has 3 aromatic rings. The molecule has 3 aromatic carbocycles. The standard InChI is InChI=1S/C27H29N3O4/c1-4-22(26(32)28-5-2)29(16-18-9-6-12-20(15-18)34-3)24(31)17-30-23-14-8-11-19-10-7-13-21(25(19)23)27(30)33/h6-15,22H,4-5,16-17H2,1-3H3,(H,28,32). The van der Waals surface area contributed by atoms with Crippen LogP contribution in [0.25, 0.3) is 10.8 Å². The van der Waals surface area contributed by atoms with Gasteiger partial charge in [0.2, 0.25) is 11.8 Å². The number of rotatable bonds is 9. The molecule has 1 aliphatic rings. The maximum absolute atomic E-state index is 13.7. The van der Waals surface area contributed by atoms with Gasteiger partial charge in [0, 0.05) is 24.0 Å². The number of nitrogens with zero attached hydrogens (tertiary/aromatic N) is 2. The molecule has 0 saturated heterocycles. The molecule has 1 atom stereocenters. The minimum Gasteiger partial charge on any atom is -0.497 e. The van der Waals surface area contributed by atoms with Gasteiger partial charge in [0.15, 0.2) is 0 Å². The lowest BCUT2D eigenvalue weighted by molar-refractivity contribution is -0.140.